The van der Waals surface area contributed by atoms with Gasteiger partial charge < -0.3 is 15.8 Å². The highest BCUT2D eigenvalue weighted by Gasteiger charge is 2.33. The molecule has 0 aromatic carbocycles. The van der Waals surface area contributed by atoms with Crippen LogP contribution >= 0.6 is 0 Å². The molecule has 0 aliphatic heterocycles. The molecule has 5 heteroatoms. The van der Waals surface area contributed by atoms with E-state index in [1.807, 2.05) is 39.8 Å². The first-order valence-corrected chi connectivity index (χ1v) is 7.58. The minimum Gasteiger partial charge on any atom is -0.475 e. The number of carbonyl (C=O) groups excluding carboxylic acids is 1. The first kappa shape index (κ1) is 17.4. The molecule has 118 valence electrons. The zero-order chi connectivity index (χ0) is 15.9. The fraction of sp³-hybridized carbons (Fsp3) is 0.625. The Labute approximate surface area is 127 Å². The van der Waals surface area contributed by atoms with Gasteiger partial charge >= 0.3 is 0 Å². The van der Waals surface area contributed by atoms with Gasteiger partial charge in [0.1, 0.15) is 0 Å². The Morgan fingerprint density at radius 1 is 1.43 bits per heavy atom. The van der Waals surface area contributed by atoms with E-state index in [0.717, 1.165) is 18.4 Å². The van der Waals surface area contributed by atoms with Crippen LogP contribution in [-0.4, -0.2) is 23.5 Å². The molecular weight excluding hydrogens is 266 g/mol. The van der Waals surface area contributed by atoms with Gasteiger partial charge in [0.25, 0.3) is 0 Å². The van der Waals surface area contributed by atoms with Gasteiger partial charge in [-0.3, -0.25) is 4.79 Å². The molecule has 0 aliphatic rings. The summed E-state index contributed by atoms with van der Waals surface area (Å²) in [6.45, 7) is 8.64. The van der Waals surface area contributed by atoms with Gasteiger partial charge in [0.15, 0.2) is 0 Å². The van der Waals surface area contributed by atoms with Crippen molar-refractivity contribution in [3.05, 3.63) is 23.9 Å². The molecule has 1 rings (SSSR count). The molecular formula is C16H27N3O2. The summed E-state index contributed by atoms with van der Waals surface area (Å²) in [5, 5.41) is 2.97. The molecule has 1 aromatic heterocycles. The lowest BCUT2D eigenvalue weighted by Crippen LogP contribution is -2.45. The number of nitrogens with two attached hydrogens (primary N) is 1. The number of ether oxygens (including phenoxy) is 1. The van der Waals surface area contributed by atoms with E-state index in [1.54, 1.807) is 6.20 Å². The Hall–Kier alpha value is -1.62. The number of aromatic nitrogens is 1. The van der Waals surface area contributed by atoms with Gasteiger partial charge in [0.2, 0.25) is 11.8 Å². The summed E-state index contributed by atoms with van der Waals surface area (Å²) in [4.78, 5) is 16.6. The maximum absolute atomic E-state index is 12.4. The van der Waals surface area contributed by atoms with Gasteiger partial charge in [-0.15, -0.1) is 0 Å². The molecule has 0 unspecified atom stereocenters. The Morgan fingerprint density at radius 3 is 2.62 bits per heavy atom. The molecule has 1 heterocycles. The molecule has 0 saturated carbocycles. The minimum atomic E-state index is -0.485. The standard InChI is InChI=1S/C16H27N3O2/c1-5-16(6-2,11-17)15(20)19-10-13-8-7-9-18-14(13)21-12(3)4/h7-9,12H,5-6,10-11,17H2,1-4H3,(H,19,20). The van der Waals surface area contributed by atoms with Crippen LogP contribution in [0.25, 0.3) is 0 Å². The summed E-state index contributed by atoms with van der Waals surface area (Å²) in [5.74, 6) is 0.563. The first-order valence-electron chi connectivity index (χ1n) is 7.58. The summed E-state index contributed by atoms with van der Waals surface area (Å²) in [5.41, 5.74) is 6.18. The Balaban J connectivity index is 2.77. The van der Waals surface area contributed by atoms with Crippen molar-refractivity contribution in [1.29, 1.82) is 0 Å². The molecule has 0 bridgehead atoms. The molecule has 0 atom stereocenters. The maximum atomic E-state index is 12.4. The Bertz CT molecular complexity index is 448. The first-order chi connectivity index (χ1) is 9.99. The average Bonchev–Trinajstić information content (AvgIpc) is 2.48. The molecule has 0 aliphatic carbocycles. The number of amides is 1. The van der Waals surface area contributed by atoms with Gasteiger partial charge in [-0.1, -0.05) is 19.9 Å². The normalized spacial score (nSPS) is 11.5. The van der Waals surface area contributed by atoms with Crippen molar-refractivity contribution in [1.82, 2.24) is 10.3 Å². The van der Waals surface area contributed by atoms with Gasteiger partial charge in [0.05, 0.1) is 11.5 Å². The highest BCUT2D eigenvalue weighted by atomic mass is 16.5. The Morgan fingerprint density at radius 2 is 2.10 bits per heavy atom. The van der Waals surface area contributed by atoms with Gasteiger partial charge in [-0.05, 0) is 32.8 Å². The zero-order valence-corrected chi connectivity index (χ0v) is 13.5. The number of nitrogens with one attached hydrogen (secondary N) is 1. The van der Waals surface area contributed by atoms with Crippen molar-refractivity contribution in [2.45, 2.75) is 53.2 Å². The van der Waals surface area contributed by atoms with Crippen molar-refractivity contribution in [3.8, 4) is 5.88 Å². The molecule has 0 saturated heterocycles. The molecule has 1 aromatic rings. The summed E-state index contributed by atoms with van der Waals surface area (Å²) < 4.78 is 5.66. The van der Waals surface area contributed by atoms with E-state index in [0.29, 0.717) is 19.0 Å². The lowest BCUT2D eigenvalue weighted by atomic mass is 9.81. The number of carbonyl (C=O) groups is 1. The summed E-state index contributed by atoms with van der Waals surface area (Å²) in [7, 11) is 0. The second-order valence-corrected chi connectivity index (χ2v) is 5.51. The van der Waals surface area contributed by atoms with E-state index in [2.05, 4.69) is 10.3 Å². The van der Waals surface area contributed by atoms with E-state index in [4.69, 9.17) is 10.5 Å². The minimum absolute atomic E-state index is 0.00523. The largest absolute Gasteiger partial charge is 0.475 e. The number of hydrogen-bond donors (Lipinski definition) is 2. The van der Waals surface area contributed by atoms with Crippen LogP contribution in [-0.2, 0) is 11.3 Å². The molecule has 0 fully saturated rings. The van der Waals surface area contributed by atoms with E-state index < -0.39 is 5.41 Å². The molecule has 5 nitrogen and oxygen atoms in total. The third-order valence-corrected chi connectivity index (χ3v) is 3.86. The third-order valence-electron chi connectivity index (χ3n) is 3.86. The van der Waals surface area contributed by atoms with Crippen molar-refractivity contribution in [2.75, 3.05) is 6.54 Å². The fourth-order valence-corrected chi connectivity index (χ4v) is 2.20. The SMILES string of the molecule is CCC(CC)(CN)C(=O)NCc1cccnc1OC(C)C. The zero-order valence-electron chi connectivity index (χ0n) is 13.5. The van der Waals surface area contributed by atoms with Gasteiger partial charge in [-0.25, -0.2) is 4.98 Å². The monoisotopic (exact) mass is 293 g/mol. The van der Waals surface area contributed by atoms with Crippen LogP contribution in [0.2, 0.25) is 0 Å². The molecule has 0 radical (unpaired) electrons. The second-order valence-electron chi connectivity index (χ2n) is 5.51. The average molecular weight is 293 g/mol. The molecule has 21 heavy (non-hydrogen) atoms. The smallest absolute Gasteiger partial charge is 0.227 e. The van der Waals surface area contributed by atoms with Crippen molar-refractivity contribution in [3.63, 3.8) is 0 Å². The number of hydrogen-bond acceptors (Lipinski definition) is 4. The maximum Gasteiger partial charge on any atom is 0.227 e. The highest BCUT2D eigenvalue weighted by molar-refractivity contribution is 5.82. The Kier molecular flexibility index (Phi) is 6.62. The van der Waals surface area contributed by atoms with Crippen LogP contribution < -0.4 is 15.8 Å². The third kappa shape index (κ3) is 4.43. The quantitative estimate of drug-likeness (QED) is 0.770. The van der Waals surface area contributed by atoms with Crippen LogP contribution in [0.1, 0.15) is 46.1 Å². The van der Waals surface area contributed by atoms with E-state index in [9.17, 15) is 4.79 Å². The topological polar surface area (TPSA) is 77.2 Å². The van der Waals surface area contributed by atoms with E-state index in [-0.39, 0.29) is 12.0 Å². The summed E-state index contributed by atoms with van der Waals surface area (Å²) >= 11 is 0. The molecule has 1 amide bonds. The highest BCUT2D eigenvalue weighted by Crippen LogP contribution is 2.25. The van der Waals surface area contributed by atoms with Crippen molar-refractivity contribution >= 4 is 5.91 Å². The predicted molar refractivity (Wildman–Crippen MR) is 83.9 cm³/mol. The van der Waals surface area contributed by atoms with Crippen molar-refractivity contribution in [2.24, 2.45) is 11.1 Å². The lowest BCUT2D eigenvalue weighted by molar-refractivity contribution is -0.131. The second kappa shape index (κ2) is 7.98. The van der Waals surface area contributed by atoms with Gasteiger partial charge in [-0.2, -0.15) is 0 Å². The fourth-order valence-electron chi connectivity index (χ4n) is 2.20. The predicted octanol–water partition coefficient (Wildman–Crippen LogP) is 2.25. The van der Waals surface area contributed by atoms with Crippen LogP contribution in [0.3, 0.4) is 0 Å². The van der Waals surface area contributed by atoms with Crippen LogP contribution in [0.15, 0.2) is 18.3 Å². The molecule has 3 N–H and O–H groups in total. The summed E-state index contributed by atoms with van der Waals surface area (Å²) in [6, 6.07) is 3.75. The number of rotatable bonds is 8. The van der Waals surface area contributed by atoms with Crippen LogP contribution in [0, 0.1) is 5.41 Å². The summed E-state index contributed by atoms with van der Waals surface area (Å²) in [6.07, 6.45) is 3.19. The number of pyridine rings is 1. The van der Waals surface area contributed by atoms with Gasteiger partial charge in [0, 0.05) is 24.8 Å². The van der Waals surface area contributed by atoms with E-state index >= 15 is 0 Å². The number of nitrogens with zero attached hydrogens (tertiary/aromatic N) is 1. The lowest BCUT2D eigenvalue weighted by Gasteiger charge is -2.28. The van der Waals surface area contributed by atoms with Crippen LogP contribution in [0.4, 0.5) is 0 Å². The van der Waals surface area contributed by atoms with Crippen LogP contribution in [0.5, 0.6) is 5.88 Å². The molecule has 0 spiro atoms. The van der Waals surface area contributed by atoms with Crippen molar-refractivity contribution < 1.29 is 9.53 Å². The van der Waals surface area contributed by atoms with E-state index in [1.165, 1.54) is 0 Å².